The van der Waals surface area contributed by atoms with Gasteiger partial charge in [0.05, 0.1) is 12.8 Å². The van der Waals surface area contributed by atoms with Crippen molar-refractivity contribution in [3.8, 4) is 5.75 Å². The first-order valence-electron chi connectivity index (χ1n) is 10.7. The fourth-order valence-corrected chi connectivity index (χ4v) is 5.43. The van der Waals surface area contributed by atoms with Crippen molar-refractivity contribution in [1.82, 2.24) is 4.90 Å². The van der Waals surface area contributed by atoms with E-state index in [-0.39, 0.29) is 23.1 Å². The fraction of sp³-hybridized carbons (Fsp3) is 0.458. The highest BCUT2D eigenvalue weighted by Gasteiger charge is 2.32. The van der Waals surface area contributed by atoms with Gasteiger partial charge in [-0.3, -0.25) is 9.10 Å². The van der Waals surface area contributed by atoms with E-state index in [0.29, 0.717) is 24.7 Å². The molecule has 2 aromatic rings. The largest absolute Gasteiger partial charge is 0.495 e. The highest BCUT2D eigenvalue weighted by molar-refractivity contribution is 7.93. The summed E-state index contributed by atoms with van der Waals surface area (Å²) in [6.45, 7) is 9.00. The topological polar surface area (TPSA) is 66.9 Å². The Labute approximate surface area is 185 Å². The SMILES string of the molecule is COc1ccc(C)cc1S(=O)(=O)N(CC(=O)N1CCC(C)CC1)c1ccc(C)c(C)c1. The van der Waals surface area contributed by atoms with Crippen molar-refractivity contribution in [3.63, 3.8) is 0 Å². The Morgan fingerprint density at radius 2 is 1.74 bits per heavy atom. The van der Waals surface area contributed by atoms with Gasteiger partial charge in [0.2, 0.25) is 5.91 Å². The van der Waals surface area contributed by atoms with Crippen LogP contribution in [0.3, 0.4) is 0 Å². The lowest BCUT2D eigenvalue weighted by molar-refractivity contribution is -0.130. The van der Waals surface area contributed by atoms with Crippen LogP contribution in [0.15, 0.2) is 41.3 Å². The van der Waals surface area contributed by atoms with Gasteiger partial charge in [-0.25, -0.2) is 8.42 Å². The van der Waals surface area contributed by atoms with E-state index in [0.717, 1.165) is 29.5 Å². The Bertz CT molecular complexity index is 1060. The molecule has 1 amide bonds. The smallest absolute Gasteiger partial charge is 0.268 e. The molecule has 6 nitrogen and oxygen atoms in total. The molecule has 1 fully saturated rings. The van der Waals surface area contributed by atoms with Crippen molar-refractivity contribution in [2.45, 2.75) is 45.4 Å². The summed E-state index contributed by atoms with van der Waals surface area (Å²) in [4.78, 5) is 15.0. The molecular weight excluding hydrogens is 412 g/mol. The van der Waals surface area contributed by atoms with Crippen molar-refractivity contribution in [2.24, 2.45) is 5.92 Å². The standard InChI is InChI=1S/C24H32N2O4S/c1-17-10-12-25(13-11-17)24(27)16-26(21-8-7-19(3)20(4)15-21)31(28,29)23-14-18(2)6-9-22(23)30-5/h6-9,14-15,17H,10-13,16H2,1-5H3. The Morgan fingerprint density at radius 1 is 1.06 bits per heavy atom. The van der Waals surface area contributed by atoms with Crippen LogP contribution >= 0.6 is 0 Å². The molecule has 1 aliphatic heterocycles. The monoisotopic (exact) mass is 444 g/mol. The lowest BCUT2D eigenvalue weighted by atomic mass is 9.99. The summed E-state index contributed by atoms with van der Waals surface area (Å²) >= 11 is 0. The normalized spacial score (nSPS) is 15.1. The Hall–Kier alpha value is -2.54. The zero-order chi connectivity index (χ0) is 22.8. The summed E-state index contributed by atoms with van der Waals surface area (Å²) in [7, 11) is -2.58. The van der Waals surface area contributed by atoms with Gasteiger partial charge in [0.25, 0.3) is 10.0 Å². The molecular formula is C24H32N2O4S. The molecule has 0 aromatic heterocycles. The average Bonchev–Trinajstić information content (AvgIpc) is 2.74. The molecule has 0 aliphatic carbocycles. The minimum Gasteiger partial charge on any atom is -0.495 e. The number of nitrogens with zero attached hydrogens (tertiary/aromatic N) is 2. The molecule has 168 valence electrons. The van der Waals surface area contributed by atoms with Crippen LogP contribution in [0, 0.1) is 26.7 Å². The first-order valence-corrected chi connectivity index (χ1v) is 12.1. The lowest BCUT2D eigenvalue weighted by Crippen LogP contribution is -2.45. The van der Waals surface area contributed by atoms with Crippen LogP contribution in [0.1, 0.15) is 36.5 Å². The zero-order valence-electron chi connectivity index (χ0n) is 19.0. The van der Waals surface area contributed by atoms with Crippen LogP contribution in [0.5, 0.6) is 5.75 Å². The number of likely N-dealkylation sites (tertiary alicyclic amines) is 1. The van der Waals surface area contributed by atoms with E-state index in [4.69, 9.17) is 4.74 Å². The number of carbonyl (C=O) groups excluding carboxylic acids is 1. The number of methoxy groups -OCH3 is 1. The molecule has 0 saturated carbocycles. The number of rotatable bonds is 6. The molecule has 1 heterocycles. The van der Waals surface area contributed by atoms with Crippen molar-refractivity contribution in [2.75, 3.05) is 31.0 Å². The van der Waals surface area contributed by atoms with E-state index in [1.807, 2.05) is 32.9 Å². The molecule has 1 saturated heterocycles. The number of benzene rings is 2. The summed E-state index contributed by atoms with van der Waals surface area (Å²) in [5, 5.41) is 0. The Balaban J connectivity index is 2.04. The lowest BCUT2D eigenvalue weighted by Gasteiger charge is -2.33. The van der Waals surface area contributed by atoms with E-state index in [2.05, 4.69) is 6.92 Å². The molecule has 1 aliphatic rings. The van der Waals surface area contributed by atoms with Crippen LogP contribution in [0.4, 0.5) is 5.69 Å². The van der Waals surface area contributed by atoms with Crippen molar-refractivity contribution >= 4 is 21.6 Å². The van der Waals surface area contributed by atoms with E-state index < -0.39 is 10.0 Å². The summed E-state index contributed by atoms with van der Waals surface area (Å²) in [5.41, 5.74) is 3.31. The van der Waals surface area contributed by atoms with Crippen molar-refractivity contribution in [3.05, 3.63) is 53.1 Å². The quantitative estimate of drug-likeness (QED) is 0.674. The van der Waals surface area contributed by atoms with Crippen LogP contribution in [-0.4, -0.2) is 46.0 Å². The molecule has 0 radical (unpaired) electrons. The second kappa shape index (κ2) is 9.30. The summed E-state index contributed by atoms with van der Waals surface area (Å²) in [5.74, 6) is 0.666. The number of amides is 1. The molecule has 7 heteroatoms. The maximum atomic E-state index is 13.8. The Morgan fingerprint density at radius 3 is 2.35 bits per heavy atom. The number of ether oxygens (including phenoxy) is 1. The molecule has 0 bridgehead atoms. The summed E-state index contributed by atoms with van der Waals surface area (Å²) in [6, 6.07) is 10.5. The minimum atomic E-state index is -4.03. The fourth-order valence-electron chi connectivity index (χ4n) is 3.78. The molecule has 0 unspecified atom stereocenters. The van der Waals surface area contributed by atoms with Gasteiger partial charge in [-0.1, -0.05) is 19.1 Å². The number of carbonyl (C=O) groups is 1. The molecule has 2 aromatic carbocycles. The van der Waals surface area contributed by atoms with E-state index in [9.17, 15) is 13.2 Å². The molecule has 0 N–H and O–H groups in total. The van der Waals surface area contributed by atoms with Crippen LogP contribution < -0.4 is 9.04 Å². The van der Waals surface area contributed by atoms with Crippen LogP contribution in [0.25, 0.3) is 0 Å². The highest BCUT2D eigenvalue weighted by Crippen LogP contribution is 2.32. The third-order valence-corrected chi connectivity index (χ3v) is 7.88. The van der Waals surface area contributed by atoms with Gasteiger partial charge >= 0.3 is 0 Å². The number of sulfonamides is 1. The van der Waals surface area contributed by atoms with Gasteiger partial charge in [0.15, 0.2) is 0 Å². The van der Waals surface area contributed by atoms with E-state index in [1.165, 1.54) is 11.4 Å². The maximum Gasteiger partial charge on any atom is 0.268 e. The van der Waals surface area contributed by atoms with E-state index in [1.54, 1.807) is 29.2 Å². The van der Waals surface area contributed by atoms with E-state index >= 15 is 0 Å². The van der Waals surface area contributed by atoms with Crippen molar-refractivity contribution < 1.29 is 17.9 Å². The second-order valence-corrected chi connectivity index (χ2v) is 10.3. The van der Waals surface area contributed by atoms with Gasteiger partial charge in [0.1, 0.15) is 17.2 Å². The summed E-state index contributed by atoms with van der Waals surface area (Å²) < 4.78 is 34.2. The van der Waals surface area contributed by atoms with Gasteiger partial charge < -0.3 is 9.64 Å². The van der Waals surface area contributed by atoms with Gasteiger partial charge in [-0.05, 0) is 80.5 Å². The van der Waals surface area contributed by atoms with Crippen LogP contribution in [0.2, 0.25) is 0 Å². The molecule has 0 spiro atoms. The average molecular weight is 445 g/mol. The predicted octanol–water partition coefficient (Wildman–Crippen LogP) is 4.07. The minimum absolute atomic E-state index is 0.0632. The highest BCUT2D eigenvalue weighted by atomic mass is 32.2. The van der Waals surface area contributed by atoms with Crippen molar-refractivity contribution in [1.29, 1.82) is 0 Å². The predicted molar refractivity (Wildman–Crippen MR) is 123 cm³/mol. The first kappa shape index (κ1) is 23.1. The van der Waals surface area contributed by atoms with Crippen LogP contribution in [-0.2, 0) is 14.8 Å². The molecule has 31 heavy (non-hydrogen) atoms. The summed E-state index contributed by atoms with van der Waals surface area (Å²) in [6.07, 6.45) is 1.88. The molecule has 0 atom stereocenters. The number of aryl methyl sites for hydroxylation is 3. The third-order valence-electron chi connectivity index (χ3n) is 6.08. The number of piperidine rings is 1. The maximum absolute atomic E-state index is 13.8. The van der Waals surface area contributed by atoms with Gasteiger partial charge in [0, 0.05) is 13.1 Å². The zero-order valence-corrected chi connectivity index (χ0v) is 19.8. The molecule has 3 rings (SSSR count). The first-order chi connectivity index (χ1) is 14.6. The van der Waals surface area contributed by atoms with Gasteiger partial charge in [-0.15, -0.1) is 0 Å². The van der Waals surface area contributed by atoms with Gasteiger partial charge in [-0.2, -0.15) is 0 Å². The number of anilines is 1. The second-order valence-electron chi connectivity index (χ2n) is 8.50. The number of hydrogen-bond donors (Lipinski definition) is 0. The third kappa shape index (κ3) is 5.03. The number of hydrogen-bond acceptors (Lipinski definition) is 4. The Kier molecular flexibility index (Phi) is 6.94.